The molecule has 0 aromatic carbocycles. The van der Waals surface area contributed by atoms with Crippen molar-refractivity contribution in [3.63, 3.8) is 0 Å². The van der Waals surface area contributed by atoms with Gasteiger partial charge in [0.15, 0.2) is 5.82 Å². The molecule has 0 atom stereocenters. The van der Waals surface area contributed by atoms with Gasteiger partial charge < -0.3 is 15.8 Å². The summed E-state index contributed by atoms with van der Waals surface area (Å²) < 4.78 is 8.61. The molecule has 0 saturated carbocycles. The summed E-state index contributed by atoms with van der Waals surface area (Å²) in [5, 5.41) is 3.72. The number of carbonyl (C=O) groups excluding carboxylic acids is 1. The maximum absolute atomic E-state index is 11.5. The van der Waals surface area contributed by atoms with Crippen molar-refractivity contribution in [2.24, 2.45) is 0 Å². The Kier molecular flexibility index (Phi) is 3.73. The molecule has 0 unspecified atom stereocenters. The molecule has 0 fully saturated rings. The predicted octanol–water partition coefficient (Wildman–Crippen LogP) is 1.52. The molecular formula is C11H12N4O2S. The molecule has 0 spiro atoms. The molecule has 18 heavy (non-hydrogen) atoms. The van der Waals surface area contributed by atoms with Crippen molar-refractivity contribution in [2.75, 3.05) is 18.2 Å². The van der Waals surface area contributed by atoms with Crippen LogP contribution >= 0.6 is 11.5 Å². The molecule has 0 amide bonds. The number of rotatable bonds is 4. The number of hydrogen-bond donors (Lipinski definition) is 2. The summed E-state index contributed by atoms with van der Waals surface area (Å²) in [6.45, 7) is 0.564. The molecular weight excluding hydrogens is 252 g/mol. The Bertz CT molecular complexity index is 541. The number of hydrogen-bond acceptors (Lipinski definition) is 7. The van der Waals surface area contributed by atoms with Crippen LogP contribution in [-0.4, -0.2) is 22.4 Å². The zero-order valence-electron chi connectivity index (χ0n) is 9.71. The zero-order valence-corrected chi connectivity index (χ0v) is 10.5. The molecule has 2 heterocycles. The number of ether oxygens (including phenoxy) is 1. The van der Waals surface area contributed by atoms with Crippen LogP contribution in [0.25, 0.3) is 0 Å². The maximum Gasteiger partial charge on any atom is 0.344 e. The van der Waals surface area contributed by atoms with E-state index in [1.165, 1.54) is 7.11 Å². The Labute approximate surface area is 108 Å². The minimum Gasteiger partial charge on any atom is -0.465 e. The van der Waals surface area contributed by atoms with Crippen LogP contribution in [0.2, 0.25) is 0 Å². The van der Waals surface area contributed by atoms with Crippen LogP contribution < -0.4 is 11.1 Å². The first-order valence-electron chi connectivity index (χ1n) is 5.18. The number of nitrogen functional groups attached to an aromatic ring is 1. The van der Waals surface area contributed by atoms with Crippen LogP contribution in [0.5, 0.6) is 0 Å². The van der Waals surface area contributed by atoms with Crippen molar-refractivity contribution < 1.29 is 9.53 Å². The van der Waals surface area contributed by atoms with E-state index in [-0.39, 0.29) is 11.4 Å². The minimum atomic E-state index is -0.488. The third kappa shape index (κ3) is 2.57. The van der Waals surface area contributed by atoms with Crippen LogP contribution in [0, 0.1) is 0 Å². The summed E-state index contributed by atoms with van der Waals surface area (Å²) in [5.74, 6) is -0.303. The first kappa shape index (κ1) is 12.3. The highest BCUT2D eigenvalue weighted by Crippen LogP contribution is 2.27. The van der Waals surface area contributed by atoms with Gasteiger partial charge in [0.2, 0.25) is 0 Å². The number of pyridine rings is 1. The maximum atomic E-state index is 11.5. The van der Waals surface area contributed by atoms with Crippen molar-refractivity contribution in [3.8, 4) is 0 Å². The second-order valence-corrected chi connectivity index (χ2v) is 4.25. The summed E-state index contributed by atoms with van der Waals surface area (Å²) in [6, 6.07) is 3.77. The van der Waals surface area contributed by atoms with Crippen molar-refractivity contribution >= 4 is 28.3 Å². The lowest BCUT2D eigenvalue weighted by atomic mass is 10.2. The number of carbonyl (C=O) groups is 1. The van der Waals surface area contributed by atoms with Crippen LogP contribution in [0.1, 0.15) is 15.9 Å². The molecule has 6 nitrogen and oxygen atoms in total. The fraction of sp³-hybridized carbons (Fsp3) is 0.182. The molecule has 2 aromatic heterocycles. The van der Waals surface area contributed by atoms with E-state index >= 15 is 0 Å². The normalized spacial score (nSPS) is 10.1. The van der Waals surface area contributed by atoms with E-state index < -0.39 is 5.97 Å². The SMILES string of the molecule is COC(=O)c1c(N)nsc1NCc1ccncc1. The van der Waals surface area contributed by atoms with Crippen molar-refractivity contribution in [2.45, 2.75) is 6.54 Å². The summed E-state index contributed by atoms with van der Waals surface area (Å²) in [7, 11) is 1.31. The predicted molar refractivity (Wildman–Crippen MR) is 69.4 cm³/mol. The molecule has 0 aliphatic heterocycles. The molecule has 3 N–H and O–H groups in total. The van der Waals surface area contributed by atoms with Crippen molar-refractivity contribution in [1.82, 2.24) is 9.36 Å². The highest BCUT2D eigenvalue weighted by atomic mass is 32.1. The van der Waals surface area contributed by atoms with Gasteiger partial charge in [0, 0.05) is 18.9 Å². The van der Waals surface area contributed by atoms with Gasteiger partial charge in [0.05, 0.1) is 7.11 Å². The van der Waals surface area contributed by atoms with E-state index in [4.69, 9.17) is 5.73 Å². The number of nitrogens with one attached hydrogen (secondary N) is 1. The smallest absolute Gasteiger partial charge is 0.344 e. The Morgan fingerprint density at radius 1 is 1.50 bits per heavy atom. The van der Waals surface area contributed by atoms with Crippen molar-refractivity contribution in [3.05, 3.63) is 35.7 Å². The average Bonchev–Trinajstić information content (AvgIpc) is 2.78. The minimum absolute atomic E-state index is 0.184. The monoisotopic (exact) mass is 264 g/mol. The lowest BCUT2D eigenvalue weighted by Gasteiger charge is -2.05. The Morgan fingerprint density at radius 2 is 2.22 bits per heavy atom. The Balaban J connectivity index is 2.13. The van der Waals surface area contributed by atoms with Crippen LogP contribution in [-0.2, 0) is 11.3 Å². The van der Waals surface area contributed by atoms with Crippen LogP contribution in [0.15, 0.2) is 24.5 Å². The quantitative estimate of drug-likeness (QED) is 0.814. The summed E-state index contributed by atoms with van der Waals surface area (Å²) >= 11 is 1.14. The highest BCUT2D eigenvalue weighted by molar-refractivity contribution is 7.11. The van der Waals surface area contributed by atoms with Crippen molar-refractivity contribution in [1.29, 1.82) is 0 Å². The standard InChI is InChI=1S/C11H12N4O2S/c1-17-11(16)8-9(12)15-18-10(8)14-6-7-2-4-13-5-3-7/h2-5,14H,6H2,1H3,(H2,12,15). The van der Waals surface area contributed by atoms with Crippen LogP contribution in [0.3, 0.4) is 0 Å². The molecule has 0 aliphatic carbocycles. The molecule has 0 bridgehead atoms. The lowest BCUT2D eigenvalue weighted by molar-refractivity contribution is 0.0603. The second kappa shape index (κ2) is 5.46. The van der Waals surface area contributed by atoms with Gasteiger partial charge in [-0.15, -0.1) is 0 Å². The Hall–Kier alpha value is -2.15. The van der Waals surface area contributed by atoms with E-state index in [2.05, 4.69) is 19.4 Å². The highest BCUT2D eigenvalue weighted by Gasteiger charge is 2.19. The number of methoxy groups -OCH3 is 1. The van der Waals surface area contributed by atoms with Gasteiger partial charge in [-0.05, 0) is 29.2 Å². The number of nitrogens with zero attached hydrogens (tertiary/aromatic N) is 2. The van der Waals surface area contributed by atoms with Crippen LogP contribution in [0.4, 0.5) is 10.8 Å². The number of nitrogens with two attached hydrogens (primary N) is 1. The van der Waals surface area contributed by atoms with Gasteiger partial charge in [-0.2, -0.15) is 4.37 Å². The first-order valence-corrected chi connectivity index (χ1v) is 5.96. The summed E-state index contributed by atoms with van der Waals surface area (Å²) in [4.78, 5) is 15.5. The van der Waals surface area contributed by atoms with Gasteiger partial charge in [-0.25, -0.2) is 4.79 Å². The molecule has 7 heteroatoms. The third-order valence-corrected chi connectivity index (χ3v) is 3.13. The zero-order chi connectivity index (χ0) is 13.0. The molecule has 2 rings (SSSR count). The van der Waals surface area contributed by atoms with E-state index in [0.29, 0.717) is 11.5 Å². The van der Waals surface area contributed by atoms with Gasteiger partial charge in [-0.1, -0.05) is 0 Å². The molecule has 94 valence electrons. The van der Waals surface area contributed by atoms with Gasteiger partial charge in [-0.3, -0.25) is 4.98 Å². The van der Waals surface area contributed by atoms with E-state index in [1.807, 2.05) is 12.1 Å². The first-order chi connectivity index (χ1) is 8.72. The summed E-state index contributed by atoms with van der Waals surface area (Å²) in [6.07, 6.45) is 3.42. The second-order valence-electron chi connectivity index (χ2n) is 3.47. The topological polar surface area (TPSA) is 90.1 Å². The average molecular weight is 264 g/mol. The fourth-order valence-electron chi connectivity index (χ4n) is 1.41. The lowest BCUT2D eigenvalue weighted by Crippen LogP contribution is -2.08. The number of anilines is 2. The molecule has 0 aliphatic rings. The van der Waals surface area contributed by atoms with E-state index in [9.17, 15) is 4.79 Å². The Morgan fingerprint density at radius 3 is 2.89 bits per heavy atom. The van der Waals surface area contributed by atoms with Gasteiger partial charge in [0.25, 0.3) is 0 Å². The largest absolute Gasteiger partial charge is 0.465 e. The molecule has 0 saturated heterocycles. The number of aromatic nitrogens is 2. The van der Waals surface area contributed by atoms with E-state index in [0.717, 1.165) is 17.1 Å². The summed E-state index contributed by atoms with van der Waals surface area (Å²) in [5.41, 5.74) is 6.97. The third-order valence-electron chi connectivity index (χ3n) is 2.31. The molecule has 0 radical (unpaired) electrons. The number of esters is 1. The fourth-order valence-corrected chi connectivity index (χ4v) is 2.10. The van der Waals surface area contributed by atoms with Gasteiger partial charge >= 0.3 is 5.97 Å². The van der Waals surface area contributed by atoms with Gasteiger partial charge in [0.1, 0.15) is 10.6 Å². The van der Waals surface area contributed by atoms with E-state index in [1.54, 1.807) is 12.4 Å². The molecule has 2 aromatic rings.